The second-order valence-electron chi connectivity index (χ2n) is 4.80. The molecular weight excluding hydrogens is 324 g/mol. The second-order valence-corrected chi connectivity index (χ2v) is 5.71. The predicted octanol–water partition coefficient (Wildman–Crippen LogP) is 1.88. The van der Waals surface area contributed by atoms with Crippen LogP contribution in [0.15, 0.2) is 28.7 Å². The molecule has 1 N–H and O–H groups in total. The third-order valence-corrected chi connectivity index (χ3v) is 3.83. The number of methoxy groups -OCH3 is 1. The largest absolute Gasteiger partial charge is 0.469 e. The summed E-state index contributed by atoms with van der Waals surface area (Å²) < 4.78 is 5.69. The van der Waals surface area contributed by atoms with Crippen LogP contribution in [-0.4, -0.2) is 43.5 Å². The van der Waals surface area contributed by atoms with E-state index in [0.717, 1.165) is 23.1 Å². The third kappa shape index (κ3) is 4.05. The molecule has 6 heteroatoms. The van der Waals surface area contributed by atoms with Gasteiger partial charge in [0, 0.05) is 16.7 Å². The van der Waals surface area contributed by atoms with Gasteiger partial charge in [-0.1, -0.05) is 15.9 Å². The predicted molar refractivity (Wildman–Crippen MR) is 79.3 cm³/mol. The Morgan fingerprint density at radius 3 is 2.75 bits per heavy atom. The highest BCUT2D eigenvalue weighted by molar-refractivity contribution is 9.10. The van der Waals surface area contributed by atoms with Gasteiger partial charge in [-0.25, -0.2) is 0 Å². The first-order valence-corrected chi connectivity index (χ1v) is 7.23. The van der Waals surface area contributed by atoms with Crippen LogP contribution in [0.3, 0.4) is 0 Å². The Balaban J connectivity index is 1.81. The molecule has 108 valence electrons. The van der Waals surface area contributed by atoms with E-state index in [4.69, 9.17) is 4.74 Å². The Morgan fingerprint density at radius 2 is 2.10 bits per heavy atom. The molecule has 0 spiro atoms. The number of hydrogen-bond donors (Lipinski definition) is 1. The summed E-state index contributed by atoms with van der Waals surface area (Å²) in [4.78, 5) is 25.3. The third-order valence-electron chi connectivity index (χ3n) is 3.30. The summed E-state index contributed by atoms with van der Waals surface area (Å²) in [7, 11) is 1.39. The number of ether oxygens (including phenoxy) is 1. The Morgan fingerprint density at radius 1 is 1.40 bits per heavy atom. The molecule has 1 atom stereocenters. The van der Waals surface area contributed by atoms with Crippen LogP contribution in [0.4, 0.5) is 5.69 Å². The molecule has 0 radical (unpaired) electrons. The van der Waals surface area contributed by atoms with Gasteiger partial charge in [0.15, 0.2) is 0 Å². The fourth-order valence-electron chi connectivity index (χ4n) is 2.27. The van der Waals surface area contributed by atoms with Crippen molar-refractivity contribution < 1.29 is 14.3 Å². The van der Waals surface area contributed by atoms with Gasteiger partial charge in [-0.3, -0.25) is 14.5 Å². The Bertz CT molecular complexity index is 490. The fraction of sp³-hybridized carbons (Fsp3) is 0.429. The van der Waals surface area contributed by atoms with Crippen LogP contribution in [0.2, 0.25) is 0 Å². The van der Waals surface area contributed by atoms with Crippen molar-refractivity contribution in [3.63, 3.8) is 0 Å². The lowest BCUT2D eigenvalue weighted by Gasteiger charge is -2.15. The Kier molecular flexibility index (Phi) is 5.14. The normalized spacial score (nSPS) is 18.8. The van der Waals surface area contributed by atoms with Crippen molar-refractivity contribution in [3.05, 3.63) is 28.7 Å². The zero-order valence-electron chi connectivity index (χ0n) is 11.3. The van der Waals surface area contributed by atoms with Gasteiger partial charge in [-0.05, 0) is 37.2 Å². The smallest absolute Gasteiger partial charge is 0.310 e. The van der Waals surface area contributed by atoms with E-state index in [9.17, 15) is 9.59 Å². The average Bonchev–Trinajstić information content (AvgIpc) is 2.89. The number of halogens is 1. The zero-order chi connectivity index (χ0) is 14.5. The number of benzene rings is 1. The summed E-state index contributed by atoms with van der Waals surface area (Å²) >= 11 is 3.34. The van der Waals surface area contributed by atoms with Crippen molar-refractivity contribution in [1.82, 2.24) is 4.90 Å². The van der Waals surface area contributed by atoms with Crippen LogP contribution in [0.1, 0.15) is 6.42 Å². The van der Waals surface area contributed by atoms with E-state index >= 15 is 0 Å². The van der Waals surface area contributed by atoms with E-state index in [2.05, 4.69) is 21.2 Å². The van der Waals surface area contributed by atoms with Gasteiger partial charge in [-0.15, -0.1) is 0 Å². The minimum Gasteiger partial charge on any atom is -0.469 e. The zero-order valence-corrected chi connectivity index (χ0v) is 12.9. The molecule has 0 aliphatic carbocycles. The molecular formula is C14H17BrN2O3. The van der Waals surface area contributed by atoms with Crippen LogP contribution in [0, 0.1) is 5.92 Å². The molecule has 1 aromatic carbocycles. The van der Waals surface area contributed by atoms with Gasteiger partial charge in [0.25, 0.3) is 0 Å². The number of anilines is 1. The van der Waals surface area contributed by atoms with Crippen LogP contribution >= 0.6 is 15.9 Å². The van der Waals surface area contributed by atoms with Crippen molar-refractivity contribution >= 4 is 33.5 Å². The molecule has 1 aliphatic rings. The monoisotopic (exact) mass is 340 g/mol. The number of carbonyl (C=O) groups is 2. The first-order valence-electron chi connectivity index (χ1n) is 6.44. The van der Waals surface area contributed by atoms with E-state index in [-0.39, 0.29) is 17.8 Å². The number of nitrogens with zero attached hydrogens (tertiary/aromatic N) is 1. The van der Waals surface area contributed by atoms with Gasteiger partial charge in [0.1, 0.15) is 0 Å². The second kappa shape index (κ2) is 6.85. The molecule has 1 heterocycles. The summed E-state index contributed by atoms with van der Waals surface area (Å²) in [6.07, 6.45) is 0.748. The first-order chi connectivity index (χ1) is 9.58. The number of esters is 1. The van der Waals surface area contributed by atoms with Crippen LogP contribution in [0.25, 0.3) is 0 Å². The highest BCUT2D eigenvalue weighted by Gasteiger charge is 2.29. The van der Waals surface area contributed by atoms with E-state index in [1.165, 1.54) is 7.11 Å². The molecule has 0 aromatic heterocycles. The number of nitrogens with one attached hydrogen (secondary N) is 1. The molecule has 1 amide bonds. The van der Waals surface area contributed by atoms with Gasteiger partial charge in [0.05, 0.1) is 19.6 Å². The molecule has 1 aliphatic heterocycles. The summed E-state index contributed by atoms with van der Waals surface area (Å²) in [5.74, 6) is -0.376. The van der Waals surface area contributed by atoms with Crippen LogP contribution in [0.5, 0.6) is 0 Å². The van der Waals surface area contributed by atoms with E-state index < -0.39 is 0 Å². The van der Waals surface area contributed by atoms with E-state index in [1.807, 2.05) is 29.2 Å². The fourth-order valence-corrected chi connectivity index (χ4v) is 2.54. The molecule has 0 bridgehead atoms. The summed E-state index contributed by atoms with van der Waals surface area (Å²) in [6.45, 7) is 1.62. The maximum absolute atomic E-state index is 11.9. The standard InChI is InChI=1S/C14H17BrN2O3/c1-20-14(19)10-6-7-17(8-10)9-13(18)16-12-4-2-11(15)3-5-12/h2-5,10H,6-9H2,1H3,(H,16,18). The van der Waals surface area contributed by atoms with Crippen molar-refractivity contribution in [2.75, 3.05) is 32.1 Å². The average molecular weight is 341 g/mol. The summed E-state index contributed by atoms with van der Waals surface area (Å²) in [5.41, 5.74) is 0.766. The van der Waals surface area contributed by atoms with Crippen molar-refractivity contribution in [2.24, 2.45) is 5.92 Å². The molecule has 1 fully saturated rings. The number of carbonyl (C=O) groups excluding carboxylic acids is 2. The molecule has 0 saturated carbocycles. The van der Waals surface area contributed by atoms with Crippen molar-refractivity contribution in [3.8, 4) is 0 Å². The summed E-state index contributed by atoms with van der Waals surface area (Å²) in [5, 5.41) is 2.84. The van der Waals surface area contributed by atoms with E-state index in [1.54, 1.807) is 0 Å². The van der Waals surface area contributed by atoms with Gasteiger partial charge in [-0.2, -0.15) is 0 Å². The maximum Gasteiger partial charge on any atom is 0.310 e. The van der Waals surface area contributed by atoms with Crippen LogP contribution in [-0.2, 0) is 14.3 Å². The van der Waals surface area contributed by atoms with Gasteiger partial charge in [0.2, 0.25) is 5.91 Å². The Labute approximate surface area is 126 Å². The van der Waals surface area contributed by atoms with Gasteiger partial charge < -0.3 is 10.1 Å². The molecule has 1 unspecified atom stereocenters. The minimum atomic E-state index is -0.194. The lowest BCUT2D eigenvalue weighted by Crippen LogP contribution is -2.32. The first kappa shape index (κ1) is 15.0. The quantitative estimate of drug-likeness (QED) is 0.850. The number of hydrogen-bond acceptors (Lipinski definition) is 4. The minimum absolute atomic E-state index is 0.0714. The van der Waals surface area contributed by atoms with Crippen molar-refractivity contribution in [2.45, 2.75) is 6.42 Å². The van der Waals surface area contributed by atoms with Gasteiger partial charge >= 0.3 is 5.97 Å². The molecule has 1 aromatic rings. The molecule has 2 rings (SSSR count). The number of rotatable bonds is 4. The summed E-state index contributed by atoms with van der Waals surface area (Å²) in [6, 6.07) is 7.42. The maximum atomic E-state index is 11.9. The van der Waals surface area contributed by atoms with Crippen LogP contribution < -0.4 is 5.32 Å². The van der Waals surface area contributed by atoms with Crippen molar-refractivity contribution in [1.29, 1.82) is 0 Å². The topological polar surface area (TPSA) is 58.6 Å². The SMILES string of the molecule is COC(=O)C1CCN(CC(=O)Nc2ccc(Br)cc2)C1. The lowest BCUT2D eigenvalue weighted by molar-refractivity contribution is -0.145. The molecule has 5 nitrogen and oxygen atoms in total. The number of amides is 1. The Hall–Kier alpha value is -1.40. The van der Waals surface area contributed by atoms with E-state index in [0.29, 0.717) is 13.1 Å². The highest BCUT2D eigenvalue weighted by Crippen LogP contribution is 2.18. The molecule has 20 heavy (non-hydrogen) atoms. The number of likely N-dealkylation sites (tertiary alicyclic amines) is 1. The molecule has 1 saturated heterocycles. The lowest BCUT2D eigenvalue weighted by atomic mass is 10.1. The highest BCUT2D eigenvalue weighted by atomic mass is 79.9.